The van der Waals surface area contributed by atoms with Gasteiger partial charge in [-0.2, -0.15) is 4.37 Å². The van der Waals surface area contributed by atoms with Gasteiger partial charge in [-0.25, -0.2) is 0 Å². The van der Waals surface area contributed by atoms with Crippen molar-refractivity contribution in [1.29, 1.82) is 0 Å². The molecule has 1 rings (SSSR count). The molecule has 0 amide bonds. The predicted octanol–water partition coefficient (Wildman–Crippen LogP) is 2.40. The van der Waals surface area contributed by atoms with E-state index < -0.39 is 0 Å². The van der Waals surface area contributed by atoms with Crippen LogP contribution in [0.1, 0.15) is 16.1 Å². The molecule has 1 heterocycles. The summed E-state index contributed by atoms with van der Waals surface area (Å²) in [6.07, 6.45) is 1.85. The highest BCUT2D eigenvalue weighted by Gasteiger charge is 1.99. The van der Waals surface area contributed by atoms with Gasteiger partial charge in [0, 0.05) is 0 Å². The first-order valence-electron chi connectivity index (χ1n) is 2.81. The van der Waals surface area contributed by atoms with Crippen molar-refractivity contribution in [1.82, 2.24) is 4.37 Å². The lowest BCUT2D eigenvalue weighted by Gasteiger charge is -1.85. The third kappa shape index (κ3) is 1.03. The van der Waals surface area contributed by atoms with Crippen LogP contribution in [0.5, 0.6) is 0 Å². The molecule has 0 unspecified atom stereocenters. The Morgan fingerprint density at radius 1 is 1.56 bits per heavy atom. The zero-order chi connectivity index (χ0) is 6.85. The van der Waals surface area contributed by atoms with Crippen LogP contribution in [0.15, 0.2) is 6.58 Å². The second-order valence-electron chi connectivity index (χ2n) is 1.96. The van der Waals surface area contributed by atoms with E-state index in [1.54, 1.807) is 0 Å². The van der Waals surface area contributed by atoms with Gasteiger partial charge in [0.05, 0.1) is 10.6 Å². The van der Waals surface area contributed by atoms with Gasteiger partial charge in [-0.15, -0.1) is 0 Å². The van der Waals surface area contributed by atoms with E-state index in [0.29, 0.717) is 0 Å². The molecule has 9 heavy (non-hydrogen) atoms. The minimum Gasteiger partial charge on any atom is -0.197 e. The number of hydrogen-bond acceptors (Lipinski definition) is 2. The van der Waals surface area contributed by atoms with Gasteiger partial charge < -0.3 is 0 Å². The van der Waals surface area contributed by atoms with Crippen LogP contribution in [-0.4, -0.2) is 4.37 Å². The molecular weight excluding hydrogens is 130 g/mol. The molecule has 0 aliphatic rings. The maximum Gasteiger partial charge on any atom is 0.0546 e. The van der Waals surface area contributed by atoms with Gasteiger partial charge in [0.1, 0.15) is 0 Å². The first-order valence-corrected chi connectivity index (χ1v) is 3.58. The molecule has 0 N–H and O–H groups in total. The van der Waals surface area contributed by atoms with E-state index in [-0.39, 0.29) is 0 Å². The van der Waals surface area contributed by atoms with Crippen molar-refractivity contribution in [3.05, 3.63) is 22.7 Å². The van der Waals surface area contributed by atoms with Crippen molar-refractivity contribution in [3.8, 4) is 0 Å². The van der Waals surface area contributed by atoms with Gasteiger partial charge >= 0.3 is 0 Å². The molecule has 0 saturated heterocycles. The van der Waals surface area contributed by atoms with Crippen LogP contribution < -0.4 is 0 Å². The molecule has 0 saturated carbocycles. The monoisotopic (exact) mass is 139 g/mol. The molecule has 0 aliphatic carbocycles. The number of nitrogens with zero attached hydrogens (tertiary/aromatic N) is 1. The Morgan fingerprint density at radius 2 is 2.22 bits per heavy atom. The Labute approximate surface area is 59.2 Å². The Balaban J connectivity index is 3.18. The lowest BCUT2D eigenvalue weighted by Crippen LogP contribution is -1.73. The highest BCUT2D eigenvalue weighted by Crippen LogP contribution is 2.17. The molecule has 1 aromatic heterocycles. The first kappa shape index (κ1) is 6.49. The van der Waals surface area contributed by atoms with Gasteiger partial charge in [0.15, 0.2) is 0 Å². The molecule has 0 spiro atoms. The Hall–Kier alpha value is -0.630. The van der Waals surface area contributed by atoms with Crippen LogP contribution in [0.3, 0.4) is 0 Å². The van der Waals surface area contributed by atoms with Gasteiger partial charge in [0.2, 0.25) is 0 Å². The summed E-state index contributed by atoms with van der Waals surface area (Å²) in [5.41, 5.74) is 2.38. The molecule has 1 aromatic rings. The van der Waals surface area contributed by atoms with Crippen molar-refractivity contribution in [2.24, 2.45) is 0 Å². The van der Waals surface area contributed by atoms with Crippen molar-refractivity contribution < 1.29 is 0 Å². The van der Waals surface area contributed by atoms with Crippen molar-refractivity contribution >= 4 is 17.6 Å². The molecule has 0 bridgehead atoms. The maximum absolute atomic E-state index is 4.16. The Bertz CT molecular complexity index is 225. The molecule has 0 atom stereocenters. The number of aromatic nitrogens is 1. The molecule has 0 aliphatic heterocycles. The topological polar surface area (TPSA) is 12.9 Å². The molecule has 1 nitrogen and oxygen atoms in total. The average Bonchev–Trinajstić information content (AvgIpc) is 2.15. The summed E-state index contributed by atoms with van der Waals surface area (Å²) in [5, 5.41) is 0. The zero-order valence-corrected chi connectivity index (χ0v) is 6.46. The fourth-order valence-corrected chi connectivity index (χ4v) is 1.35. The number of hydrogen-bond donors (Lipinski definition) is 0. The lowest BCUT2D eigenvalue weighted by atomic mass is 10.2. The summed E-state index contributed by atoms with van der Waals surface area (Å²) in [6.45, 7) is 7.75. The van der Waals surface area contributed by atoms with Crippen LogP contribution >= 0.6 is 11.5 Å². The Kier molecular flexibility index (Phi) is 1.67. The van der Waals surface area contributed by atoms with E-state index in [2.05, 4.69) is 17.9 Å². The molecule has 2 heteroatoms. The van der Waals surface area contributed by atoms with E-state index in [0.717, 1.165) is 5.69 Å². The fraction of sp³-hybridized carbons (Fsp3) is 0.286. The standard InChI is InChI=1S/C7H9NS/c1-4-7-5(2)6(3)8-9-7/h4H,1H2,2-3H3. The van der Waals surface area contributed by atoms with Crippen molar-refractivity contribution in [2.75, 3.05) is 0 Å². The summed E-state index contributed by atoms with van der Waals surface area (Å²) >= 11 is 1.51. The Morgan fingerprint density at radius 3 is 2.44 bits per heavy atom. The highest BCUT2D eigenvalue weighted by molar-refractivity contribution is 7.07. The fourth-order valence-electron chi connectivity index (χ4n) is 0.623. The molecule has 48 valence electrons. The van der Waals surface area contributed by atoms with E-state index in [1.165, 1.54) is 22.0 Å². The largest absolute Gasteiger partial charge is 0.197 e. The third-order valence-electron chi connectivity index (χ3n) is 1.38. The van der Waals surface area contributed by atoms with Crippen LogP contribution in [-0.2, 0) is 0 Å². The SMILES string of the molecule is C=Cc1snc(C)c1C. The van der Waals surface area contributed by atoms with Crippen molar-refractivity contribution in [2.45, 2.75) is 13.8 Å². The number of rotatable bonds is 1. The van der Waals surface area contributed by atoms with E-state index in [9.17, 15) is 0 Å². The molecule has 0 fully saturated rings. The van der Waals surface area contributed by atoms with E-state index in [4.69, 9.17) is 0 Å². The summed E-state index contributed by atoms with van der Waals surface area (Å²) < 4.78 is 4.16. The van der Waals surface area contributed by atoms with E-state index >= 15 is 0 Å². The second kappa shape index (κ2) is 2.31. The van der Waals surface area contributed by atoms with Crippen LogP contribution in [0.4, 0.5) is 0 Å². The second-order valence-corrected chi connectivity index (χ2v) is 2.77. The maximum atomic E-state index is 4.16. The molecule has 0 radical (unpaired) electrons. The summed E-state index contributed by atoms with van der Waals surface area (Å²) in [5.74, 6) is 0. The van der Waals surface area contributed by atoms with Gasteiger partial charge in [-0.1, -0.05) is 12.7 Å². The summed E-state index contributed by atoms with van der Waals surface area (Å²) in [6, 6.07) is 0. The first-order chi connectivity index (χ1) is 4.25. The van der Waals surface area contributed by atoms with E-state index in [1.807, 2.05) is 13.0 Å². The molecule has 0 aromatic carbocycles. The van der Waals surface area contributed by atoms with Crippen LogP contribution in [0.2, 0.25) is 0 Å². The summed E-state index contributed by atoms with van der Waals surface area (Å²) in [7, 11) is 0. The van der Waals surface area contributed by atoms with Gasteiger partial charge in [-0.3, -0.25) is 0 Å². The normalized spacial score (nSPS) is 9.56. The predicted molar refractivity (Wildman–Crippen MR) is 41.7 cm³/mol. The van der Waals surface area contributed by atoms with Crippen molar-refractivity contribution in [3.63, 3.8) is 0 Å². The lowest BCUT2D eigenvalue weighted by molar-refractivity contribution is 1.27. The minimum atomic E-state index is 1.12. The zero-order valence-electron chi connectivity index (χ0n) is 5.64. The molecular formula is C7H9NS. The highest BCUT2D eigenvalue weighted by atomic mass is 32.1. The summed E-state index contributed by atoms with van der Waals surface area (Å²) in [4.78, 5) is 1.19. The number of aryl methyl sites for hydroxylation is 1. The quantitative estimate of drug-likeness (QED) is 0.582. The van der Waals surface area contributed by atoms with Crippen LogP contribution in [0.25, 0.3) is 6.08 Å². The minimum absolute atomic E-state index is 1.12. The van der Waals surface area contributed by atoms with Gasteiger partial charge in [-0.05, 0) is 30.9 Å². The van der Waals surface area contributed by atoms with Crippen LogP contribution in [0, 0.1) is 13.8 Å². The third-order valence-corrected chi connectivity index (χ3v) is 2.41. The van der Waals surface area contributed by atoms with Gasteiger partial charge in [0.25, 0.3) is 0 Å². The smallest absolute Gasteiger partial charge is 0.0546 e. The average molecular weight is 139 g/mol.